The number of hydrogen-bond donors (Lipinski definition) is 2. The van der Waals surface area contributed by atoms with Gasteiger partial charge in [-0.1, -0.05) is 18.3 Å². The second-order valence-electron chi connectivity index (χ2n) is 5.50. The van der Waals surface area contributed by atoms with Crippen molar-refractivity contribution in [3.05, 3.63) is 18.2 Å². The van der Waals surface area contributed by atoms with Crippen LogP contribution in [0.3, 0.4) is 0 Å². The minimum Gasteiger partial charge on any atom is -0.399 e. The summed E-state index contributed by atoms with van der Waals surface area (Å²) < 4.78 is 0.992. The van der Waals surface area contributed by atoms with Crippen molar-refractivity contribution in [1.82, 2.24) is 14.8 Å². The highest BCUT2D eigenvalue weighted by atomic mass is 32.1. The molecule has 6 nitrogen and oxygen atoms in total. The van der Waals surface area contributed by atoms with Crippen LogP contribution in [0.15, 0.2) is 18.2 Å². The Morgan fingerprint density at radius 1 is 1.32 bits per heavy atom. The molecule has 1 fully saturated rings. The zero-order valence-corrected chi connectivity index (χ0v) is 13.5. The Balaban J connectivity index is 1.56. The third-order valence-corrected chi connectivity index (χ3v) is 4.87. The summed E-state index contributed by atoms with van der Waals surface area (Å²) in [5.41, 5.74) is 7.34. The van der Waals surface area contributed by atoms with E-state index < -0.39 is 0 Å². The van der Waals surface area contributed by atoms with Gasteiger partial charge in [-0.15, -0.1) is 0 Å². The largest absolute Gasteiger partial charge is 0.399 e. The molecule has 0 aliphatic carbocycles. The minimum atomic E-state index is -0.00280. The highest BCUT2D eigenvalue weighted by molar-refractivity contribution is 7.22. The quantitative estimate of drug-likeness (QED) is 0.835. The Morgan fingerprint density at radius 2 is 2.05 bits per heavy atom. The van der Waals surface area contributed by atoms with Crippen molar-refractivity contribution in [2.24, 2.45) is 0 Å². The maximum absolute atomic E-state index is 12.2. The summed E-state index contributed by atoms with van der Waals surface area (Å²) in [7, 11) is 0. The zero-order valence-electron chi connectivity index (χ0n) is 12.7. The van der Waals surface area contributed by atoms with E-state index in [1.54, 1.807) is 0 Å². The van der Waals surface area contributed by atoms with Gasteiger partial charge in [-0.3, -0.25) is 9.69 Å². The average molecular weight is 319 g/mol. The van der Waals surface area contributed by atoms with Crippen molar-refractivity contribution in [3.63, 3.8) is 0 Å². The van der Waals surface area contributed by atoms with E-state index in [9.17, 15) is 4.79 Å². The van der Waals surface area contributed by atoms with E-state index in [4.69, 9.17) is 5.73 Å². The average Bonchev–Trinajstić information content (AvgIpc) is 2.89. The molecular weight excluding hydrogens is 298 g/mol. The fraction of sp³-hybridized carbons (Fsp3) is 0.467. The summed E-state index contributed by atoms with van der Waals surface area (Å²) in [6.45, 7) is 7.62. The molecule has 118 valence electrons. The van der Waals surface area contributed by atoms with Crippen molar-refractivity contribution in [3.8, 4) is 0 Å². The van der Waals surface area contributed by atoms with E-state index in [-0.39, 0.29) is 5.91 Å². The first kappa shape index (κ1) is 15.2. The van der Waals surface area contributed by atoms with E-state index in [0.717, 1.165) is 42.9 Å². The Labute approximate surface area is 133 Å². The molecule has 2 heterocycles. The Hall–Kier alpha value is -1.70. The number of aromatic nitrogens is 1. The van der Waals surface area contributed by atoms with Crippen LogP contribution in [0, 0.1) is 0 Å². The number of anilines is 2. The van der Waals surface area contributed by atoms with Crippen LogP contribution < -0.4 is 11.1 Å². The molecule has 0 bridgehead atoms. The second-order valence-corrected chi connectivity index (χ2v) is 6.54. The number of fused-ring (bicyclic) bond motifs is 1. The molecule has 1 amide bonds. The number of thiazole rings is 1. The van der Waals surface area contributed by atoms with Crippen LogP contribution in [0.1, 0.15) is 6.92 Å². The molecule has 0 unspecified atom stereocenters. The lowest BCUT2D eigenvalue weighted by Crippen LogP contribution is -2.48. The summed E-state index contributed by atoms with van der Waals surface area (Å²) in [6.07, 6.45) is 0. The van der Waals surface area contributed by atoms with Crippen LogP contribution in [0.25, 0.3) is 10.2 Å². The summed E-state index contributed by atoms with van der Waals surface area (Å²) in [5.74, 6) is -0.00280. The van der Waals surface area contributed by atoms with Crippen LogP contribution in [-0.2, 0) is 4.79 Å². The predicted molar refractivity (Wildman–Crippen MR) is 91.2 cm³/mol. The number of nitrogens with zero attached hydrogens (tertiary/aromatic N) is 3. The maximum atomic E-state index is 12.2. The molecule has 7 heteroatoms. The van der Waals surface area contributed by atoms with Gasteiger partial charge in [-0.05, 0) is 24.7 Å². The summed E-state index contributed by atoms with van der Waals surface area (Å²) in [4.78, 5) is 21.2. The molecule has 1 aliphatic heterocycles. The van der Waals surface area contributed by atoms with Crippen LogP contribution in [0.5, 0.6) is 0 Å². The van der Waals surface area contributed by atoms with Crippen molar-refractivity contribution >= 4 is 38.3 Å². The number of piperazine rings is 1. The molecule has 3 N–H and O–H groups in total. The Morgan fingerprint density at radius 3 is 2.77 bits per heavy atom. The van der Waals surface area contributed by atoms with E-state index in [1.165, 1.54) is 11.3 Å². The summed E-state index contributed by atoms with van der Waals surface area (Å²) in [5, 5.41) is 3.53. The second kappa shape index (κ2) is 6.60. The lowest BCUT2D eigenvalue weighted by Gasteiger charge is -2.33. The number of amides is 1. The molecule has 1 aromatic carbocycles. The zero-order chi connectivity index (χ0) is 15.5. The number of benzene rings is 1. The molecule has 0 atom stereocenters. The van der Waals surface area contributed by atoms with Gasteiger partial charge in [-0.25, -0.2) is 4.98 Å². The number of hydrogen-bond acceptors (Lipinski definition) is 6. The van der Waals surface area contributed by atoms with Gasteiger partial charge in [0.15, 0.2) is 5.13 Å². The molecule has 0 saturated carbocycles. The van der Waals surface area contributed by atoms with Crippen molar-refractivity contribution < 1.29 is 4.79 Å². The third-order valence-electron chi connectivity index (χ3n) is 3.94. The van der Waals surface area contributed by atoms with Crippen molar-refractivity contribution in [2.45, 2.75) is 6.92 Å². The maximum Gasteiger partial charge on any atom is 0.240 e. The van der Waals surface area contributed by atoms with Gasteiger partial charge in [0.1, 0.15) is 0 Å². The van der Waals surface area contributed by atoms with Gasteiger partial charge in [-0.2, -0.15) is 0 Å². The van der Waals surface area contributed by atoms with Gasteiger partial charge in [0.25, 0.3) is 0 Å². The number of carbonyl (C=O) groups is 1. The van der Waals surface area contributed by atoms with Gasteiger partial charge < -0.3 is 16.0 Å². The molecule has 22 heavy (non-hydrogen) atoms. The molecular formula is C15H21N5OS. The first-order valence-electron chi connectivity index (χ1n) is 7.54. The first-order chi connectivity index (χ1) is 10.6. The molecule has 1 aromatic heterocycles. The Kier molecular flexibility index (Phi) is 4.56. The van der Waals surface area contributed by atoms with Crippen molar-refractivity contribution in [2.75, 3.05) is 50.3 Å². The lowest BCUT2D eigenvalue weighted by molar-refractivity contribution is -0.117. The smallest absolute Gasteiger partial charge is 0.240 e. The third kappa shape index (κ3) is 3.55. The first-order valence-corrected chi connectivity index (χ1v) is 8.36. The van der Waals surface area contributed by atoms with E-state index in [1.807, 2.05) is 18.2 Å². The summed E-state index contributed by atoms with van der Waals surface area (Å²) in [6, 6.07) is 5.58. The van der Waals surface area contributed by atoms with E-state index in [2.05, 4.69) is 27.0 Å². The number of nitrogens with two attached hydrogens (primary N) is 1. The SMILES string of the molecule is CCN1CCN(CC(=O)Nc2nc3ccc(N)cc3s2)CC1. The van der Waals surface area contributed by atoms with Crippen molar-refractivity contribution in [1.29, 1.82) is 0 Å². The fourth-order valence-electron chi connectivity index (χ4n) is 2.62. The Bertz CT molecular complexity index is 663. The minimum absolute atomic E-state index is 0.00280. The molecule has 0 spiro atoms. The van der Waals surface area contributed by atoms with E-state index >= 15 is 0 Å². The summed E-state index contributed by atoms with van der Waals surface area (Å²) >= 11 is 1.46. The number of nitrogens with one attached hydrogen (secondary N) is 1. The monoisotopic (exact) mass is 319 g/mol. The topological polar surface area (TPSA) is 74.5 Å². The number of nitrogen functional groups attached to an aromatic ring is 1. The molecule has 1 saturated heterocycles. The molecule has 0 radical (unpaired) electrons. The van der Waals surface area contributed by atoms with E-state index in [0.29, 0.717) is 17.4 Å². The van der Waals surface area contributed by atoms with Gasteiger partial charge in [0.05, 0.1) is 16.8 Å². The molecule has 2 aromatic rings. The predicted octanol–water partition coefficient (Wildman–Crippen LogP) is 1.45. The highest BCUT2D eigenvalue weighted by Gasteiger charge is 2.18. The van der Waals surface area contributed by atoms with Gasteiger partial charge in [0.2, 0.25) is 5.91 Å². The van der Waals surface area contributed by atoms with Crippen LogP contribution in [0.4, 0.5) is 10.8 Å². The molecule has 3 rings (SSSR count). The fourth-order valence-corrected chi connectivity index (χ4v) is 3.55. The van der Waals surface area contributed by atoms with Crippen LogP contribution in [0.2, 0.25) is 0 Å². The van der Waals surface area contributed by atoms with Crippen LogP contribution >= 0.6 is 11.3 Å². The number of rotatable bonds is 4. The standard InChI is InChI=1S/C15H21N5OS/c1-2-19-5-7-20(8-6-19)10-14(21)18-15-17-12-4-3-11(16)9-13(12)22-15/h3-4,9H,2,5-8,10,16H2,1H3,(H,17,18,21). The lowest BCUT2D eigenvalue weighted by atomic mass is 10.3. The van der Waals surface area contributed by atoms with Gasteiger partial charge in [0, 0.05) is 31.9 Å². The molecule has 1 aliphatic rings. The van der Waals surface area contributed by atoms with Gasteiger partial charge >= 0.3 is 0 Å². The highest BCUT2D eigenvalue weighted by Crippen LogP contribution is 2.27. The van der Waals surface area contributed by atoms with Crippen LogP contribution in [-0.4, -0.2) is 60.0 Å². The number of carbonyl (C=O) groups excluding carboxylic acids is 1. The number of likely N-dealkylation sites (N-methyl/N-ethyl adjacent to an activating group) is 1. The normalized spacial score (nSPS) is 17.0.